The number of nitrogens with zero attached hydrogens (tertiary/aromatic N) is 8. The monoisotopic (exact) mass is 648 g/mol. The van der Waals surface area contributed by atoms with Crippen molar-refractivity contribution < 1.29 is 9.59 Å². The van der Waals surface area contributed by atoms with Gasteiger partial charge in [0.05, 0.1) is 11.5 Å². The molecule has 12 nitrogen and oxygen atoms in total. The molecule has 204 valence electrons. The van der Waals surface area contributed by atoms with Crippen LogP contribution >= 0.6 is 81.1 Å². The van der Waals surface area contributed by atoms with E-state index in [-0.39, 0.29) is 23.3 Å². The fourth-order valence-electron chi connectivity index (χ4n) is 2.54. The van der Waals surface area contributed by atoms with E-state index in [0.29, 0.717) is 24.7 Å². The Morgan fingerprint density at radius 3 is 1.87 bits per heavy atom. The molecule has 0 unspecified atom stereocenters. The Morgan fingerprint density at radius 1 is 0.711 bits per heavy atom. The molecule has 19 heteroatoms. The summed E-state index contributed by atoms with van der Waals surface area (Å²) in [5.41, 5.74) is 0. The van der Waals surface area contributed by atoms with Crippen molar-refractivity contribution in [3.8, 4) is 0 Å². The molecule has 0 aliphatic carbocycles. The summed E-state index contributed by atoms with van der Waals surface area (Å²) < 4.78 is 3.95. The second-order valence-electron chi connectivity index (χ2n) is 7.37. The van der Waals surface area contributed by atoms with Crippen LogP contribution in [0.25, 0.3) is 4.96 Å². The van der Waals surface area contributed by atoms with Gasteiger partial charge in [0.25, 0.3) is 0 Å². The first kappa shape index (κ1) is 29.5. The number of carbonyl (C=O) groups excluding carboxylic acids is 2. The number of nitrogens with one attached hydrogen (secondary N) is 2. The first-order valence-electron chi connectivity index (χ1n) is 11.5. The summed E-state index contributed by atoms with van der Waals surface area (Å²) in [5.74, 6) is 1.88. The van der Waals surface area contributed by atoms with E-state index in [9.17, 15) is 9.59 Å². The lowest BCUT2D eigenvalue weighted by atomic mass is 10.4. The molecule has 0 aliphatic rings. The van der Waals surface area contributed by atoms with E-state index >= 15 is 0 Å². The van der Waals surface area contributed by atoms with Gasteiger partial charge in [0, 0.05) is 11.5 Å². The molecule has 4 rings (SSSR count). The number of aromatic nitrogens is 8. The lowest BCUT2D eigenvalue weighted by Crippen LogP contribution is -2.14. The van der Waals surface area contributed by atoms with Crippen molar-refractivity contribution in [2.24, 2.45) is 0 Å². The van der Waals surface area contributed by atoms with Gasteiger partial charge < -0.3 is 0 Å². The van der Waals surface area contributed by atoms with E-state index in [1.54, 1.807) is 28.0 Å². The molecule has 0 radical (unpaired) electrons. The highest BCUT2D eigenvalue weighted by atomic mass is 32.2. The van der Waals surface area contributed by atoms with Crippen molar-refractivity contribution >= 4 is 108 Å². The molecule has 4 aromatic heterocycles. The van der Waals surface area contributed by atoms with E-state index in [1.165, 1.54) is 57.5 Å². The lowest BCUT2D eigenvalue weighted by molar-refractivity contribution is -0.114. The summed E-state index contributed by atoms with van der Waals surface area (Å²) in [6, 6.07) is 0. The molecule has 0 spiro atoms. The summed E-state index contributed by atoms with van der Waals surface area (Å²) in [7, 11) is 0. The third kappa shape index (κ3) is 9.02. The molecule has 4 heterocycles. The Bertz CT molecular complexity index is 1340. The molecule has 0 aliphatic heterocycles. The van der Waals surface area contributed by atoms with Crippen LogP contribution in [0.2, 0.25) is 0 Å². The first-order valence-corrected chi connectivity index (χ1v) is 17.9. The average Bonchev–Trinajstić information content (AvgIpc) is 3.68. The smallest absolute Gasteiger partial charge is 0.236 e. The summed E-state index contributed by atoms with van der Waals surface area (Å²) in [6.45, 7) is 4.29. The zero-order chi connectivity index (χ0) is 26.7. The van der Waals surface area contributed by atoms with Crippen LogP contribution in [-0.2, 0) is 9.59 Å². The largest absolute Gasteiger partial charge is 0.300 e. The minimum Gasteiger partial charge on any atom is -0.300 e. The van der Waals surface area contributed by atoms with Crippen molar-refractivity contribution in [1.82, 2.24) is 40.2 Å². The number of unbranched alkanes of at least 4 members (excludes halogenated alkanes) is 2. The maximum atomic E-state index is 12.4. The summed E-state index contributed by atoms with van der Waals surface area (Å²) in [4.78, 5) is 25.3. The van der Waals surface area contributed by atoms with Crippen LogP contribution in [-0.4, -0.2) is 75.0 Å². The van der Waals surface area contributed by atoms with Gasteiger partial charge in [0.15, 0.2) is 13.0 Å². The number of hydrogen-bond donors (Lipinski definition) is 2. The standard InChI is InChI=1S/C19H24N10O2S7/c1-3-5-7-32-17-26-22-13(36-17)20-11(30)9-34-15-24-25-16-29(15)28-19(38-16)35-10-12(31)21-14-23-27-18(37-14)33-8-6-4-2/h3-10H2,1-2H3,(H,20,22,30)(H,21,23,31). The quantitative estimate of drug-likeness (QED) is 0.0938. The van der Waals surface area contributed by atoms with Crippen molar-refractivity contribution in [3.63, 3.8) is 0 Å². The highest BCUT2D eigenvalue weighted by molar-refractivity contribution is 8.02. The zero-order valence-electron chi connectivity index (χ0n) is 20.4. The molecule has 0 saturated heterocycles. The van der Waals surface area contributed by atoms with Gasteiger partial charge in [0.1, 0.15) is 0 Å². The van der Waals surface area contributed by atoms with E-state index in [4.69, 9.17) is 0 Å². The van der Waals surface area contributed by atoms with Crippen molar-refractivity contribution in [2.75, 3.05) is 33.6 Å². The van der Waals surface area contributed by atoms with Crippen LogP contribution in [0.1, 0.15) is 39.5 Å². The number of anilines is 2. The van der Waals surface area contributed by atoms with Crippen LogP contribution in [0.15, 0.2) is 18.2 Å². The Labute approximate surface area is 247 Å². The molecule has 0 bridgehead atoms. The second-order valence-corrected chi connectivity index (χ2v) is 15.1. The van der Waals surface area contributed by atoms with Gasteiger partial charge in [-0.3, -0.25) is 20.2 Å². The third-order valence-electron chi connectivity index (χ3n) is 4.36. The van der Waals surface area contributed by atoms with Crippen LogP contribution in [0.3, 0.4) is 0 Å². The maximum absolute atomic E-state index is 12.4. The molecule has 0 atom stereocenters. The van der Waals surface area contributed by atoms with Gasteiger partial charge in [-0.25, -0.2) is 0 Å². The second kappa shape index (κ2) is 15.3. The number of thioether (sulfide) groups is 4. The highest BCUT2D eigenvalue weighted by Gasteiger charge is 2.17. The Morgan fingerprint density at radius 2 is 1.29 bits per heavy atom. The number of carbonyl (C=O) groups is 2. The van der Waals surface area contributed by atoms with E-state index in [0.717, 1.165) is 45.9 Å². The number of hydrogen-bond acceptors (Lipinski definition) is 16. The normalized spacial score (nSPS) is 11.3. The molecule has 0 fully saturated rings. The molecular formula is C19H24N10O2S7. The molecular weight excluding hydrogens is 625 g/mol. The van der Waals surface area contributed by atoms with Crippen molar-refractivity contribution in [1.29, 1.82) is 0 Å². The fourth-order valence-corrected chi connectivity index (χ4v) is 8.80. The molecule has 38 heavy (non-hydrogen) atoms. The molecule has 2 N–H and O–H groups in total. The van der Waals surface area contributed by atoms with Crippen LogP contribution in [0.5, 0.6) is 0 Å². The first-order chi connectivity index (χ1) is 18.5. The van der Waals surface area contributed by atoms with Crippen LogP contribution in [0.4, 0.5) is 10.3 Å². The number of amides is 2. The Kier molecular flexibility index (Phi) is 11.9. The SMILES string of the molecule is CCCCSc1nnc(NC(=O)CSc2nn3c(SCC(=O)Nc4nnc(SCCCC)s4)nnc3s2)s1. The summed E-state index contributed by atoms with van der Waals surface area (Å²) in [6.07, 6.45) is 4.49. The van der Waals surface area contributed by atoms with Gasteiger partial charge in [-0.05, 0) is 12.8 Å². The van der Waals surface area contributed by atoms with Gasteiger partial charge in [-0.1, -0.05) is 108 Å². The third-order valence-corrected chi connectivity index (χ3v) is 11.4. The summed E-state index contributed by atoms with van der Waals surface area (Å²) >= 11 is 9.89. The fraction of sp³-hybridized carbons (Fsp3) is 0.526. The van der Waals surface area contributed by atoms with Gasteiger partial charge in [0.2, 0.25) is 32.2 Å². The van der Waals surface area contributed by atoms with Gasteiger partial charge in [-0.2, -0.15) is 4.52 Å². The van der Waals surface area contributed by atoms with Crippen molar-refractivity contribution in [3.05, 3.63) is 0 Å². The topological polar surface area (TPSA) is 153 Å². The maximum Gasteiger partial charge on any atom is 0.236 e. The van der Waals surface area contributed by atoms with Gasteiger partial charge in [-0.15, -0.1) is 35.7 Å². The van der Waals surface area contributed by atoms with Gasteiger partial charge >= 0.3 is 0 Å². The predicted molar refractivity (Wildman–Crippen MR) is 158 cm³/mol. The van der Waals surface area contributed by atoms with Crippen molar-refractivity contribution in [2.45, 2.75) is 57.7 Å². The minimum absolute atomic E-state index is 0.127. The number of fused-ring (bicyclic) bond motifs is 1. The van der Waals surface area contributed by atoms with E-state index in [2.05, 4.69) is 60.2 Å². The summed E-state index contributed by atoms with van der Waals surface area (Å²) in [5, 5.41) is 36.0. The highest BCUT2D eigenvalue weighted by Crippen LogP contribution is 2.29. The predicted octanol–water partition coefficient (Wildman–Crippen LogP) is 5.13. The number of rotatable bonds is 16. The van der Waals surface area contributed by atoms with Crippen LogP contribution in [0, 0.1) is 0 Å². The van der Waals surface area contributed by atoms with Crippen LogP contribution < -0.4 is 10.6 Å². The Hall–Kier alpha value is -1.51. The minimum atomic E-state index is -0.210. The van der Waals surface area contributed by atoms with E-state index < -0.39 is 0 Å². The zero-order valence-corrected chi connectivity index (χ0v) is 26.1. The lowest BCUT2D eigenvalue weighted by Gasteiger charge is -1.99. The van der Waals surface area contributed by atoms with E-state index in [1.807, 2.05) is 0 Å². The Balaban J connectivity index is 1.21. The molecule has 0 saturated carbocycles. The molecule has 4 aromatic rings. The molecule has 2 amide bonds. The molecule has 0 aromatic carbocycles. The average molecular weight is 649 g/mol.